The lowest BCUT2D eigenvalue weighted by Gasteiger charge is -2.04. The zero-order valence-corrected chi connectivity index (χ0v) is 7.13. The first-order valence-corrected chi connectivity index (χ1v) is 3.63. The predicted molar refractivity (Wildman–Crippen MR) is 45.6 cm³/mol. The van der Waals surface area contributed by atoms with Gasteiger partial charge in [0.1, 0.15) is 11.6 Å². The van der Waals surface area contributed by atoms with Gasteiger partial charge in [-0.1, -0.05) is 13.8 Å². The van der Waals surface area contributed by atoms with Gasteiger partial charge in [0.2, 0.25) is 0 Å². The molecule has 0 aliphatic heterocycles. The van der Waals surface area contributed by atoms with Crippen LogP contribution < -0.4 is 11.6 Å². The molecule has 4 nitrogen and oxygen atoms in total. The summed E-state index contributed by atoms with van der Waals surface area (Å²) in [5.74, 6) is 7.33. The summed E-state index contributed by atoms with van der Waals surface area (Å²) in [6.07, 6.45) is 0. The number of hydrogen-bond donors (Lipinski definition) is 2. The molecule has 1 aromatic heterocycles. The smallest absolute Gasteiger partial charge is 0.145 e. The zero-order chi connectivity index (χ0) is 8.59. The minimum atomic E-state index is 0.316. The lowest BCUT2D eigenvalue weighted by molar-refractivity contribution is 0.738. The van der Waals surface area contributed by atoms with E-state index in [1.54, 1.807) is 0 Å². The van der Waals surface area contributed by atoms with Crippen molar-refractivity contribution in [3.8, 4) is 0 Å². The molecule has 1 rings (SSSR count). The largest absolute Gasteiger partial charge is 0.382 e. The number of nitrogen functional groups attached to an aromatic ring is 2. The average molecular weight is 154 g/mol. The summed E-state index contributed by atoms with van der Waals surface area (Å²) in [6.45, 7) is 5.92. The summed E-state index contributed by atoms with van der Waals surface area (Å²) in [7, 11) is 0. The number of anilines is 1. The summed E-state index contributed by atoms with van der Waals surface area (Å²) in [5.41, 5.74) is 6.42. The summed E-state index contributed by atoms with van der Waals surface area (Å²) in [5, 5.41) is 0. The highest BCUT2D eigenvalue weighted by Gasteiger charge is 2.11. The Kier molecular flexibility index (Phi) is 1.76. The molecular formula is C7H14N4. The molecule has 4 heteroatoms. The van der Waals surface area contributed by atoms with Gasteiger partial charge in [0.15, 0.2) is 0 Å². The monoisotopic (exact) mass is 154 g/mol. The van der Waals surface area contributed by atoms with E-state index in [0.29, 0.717) is 11.7 Å². The molecule has 0 spiro atoms. The van der Waals surface area contributed by atoms with Crippen LogP contribution in [0.1, 0.15) is 31.3 Å². The lowest BCUT2D eigenvalue weighted by Crippen LogP contribution is -2.16. The predicted octanol–water partition coefficient (Wildman–Crippen LogP) is 0.611. The molecule has 4 N–H and O–H groups in total. The maximum Gasteiger partial charge on any atom is 0.145 e. The summed E-state index contributed by atoms with van der Waals surface area (Å²) in [4.78, 5) is 4.22. The first kappa shape index (κ1) is 7.91. The number of rotatable bonds is 1. The van der Waals surface area contributed by atoms with E-state index >= 15 is 0 Å². The zero-order valence-electron chi connectivity index (χ0n) is 7.13. The van der Waals surface area contributed by atoms with E-state index in [9.17, 15) is 0 Å². The Hall–Kier alpha value is -1.19. The van der Waals surface area contributed by atoms with Gasteiger partial charge in [0.05, 0.1) is 5.69 Å². The van der Waals surface area contributed by atoms with Crippen LogP contribution in [0.25, 0.3) is 0 Å². The second kappa shape index (κ2) is 2.45. The Morgan fingerprint density at radius 1 is 1.45 bits per heavy atom. The third-order valence-electron chi connectivity index (χ3n) is 1.68. The van der Waals surface area contributed by atoms with Crippen molar-refractivity contribution < 1.29 is 0 Å². The fourth-order valence-corrected chi connectivity index (χ4v) is 0.988. The van der Waals surface area contributed by atoms with Gasteiger partial charge in [-0.3, -0.25) is 0 Å². The van der Waals surface area contributed by atoms with Crippen LogP contribution in [-0.2, 0) is 0 Å². The molecule has 0 aromatic carbocycles. The van der Waals surface area contributed by atoms with Crippen LogP contribution in [0.5, 0.6) is 0 Å². The van der Waals surface area contributed by atoms with E-state index in [0.717, 1.165) is 11.5 Å². The number of hydrogen-bond acceptors (Lipinski definition) is 3. The molecule has 0 amide bonds. The molecule has 0 aliphatic carbocycles. The molecule has 0 radical (unpaired) electrons. The van der Waals surface area contributed by atoms with Crippen molar-refractivity contribution >= 4 is 5.82 Å². The number of nitrogens with two attached hydrogens (primary N) is 2. The third kappa shape index (κ3) is 1.15. The molecular weight excluding hydrogens is 140 g/mol. The summed E-state index contributed by atoms with van der Waals surface area (Å²) >= 11 is 0. The molecule has 62 valence electrons. The van der Waals surface area contributed by atoms with Gasteiger partial charge in [0.25, 0.3) is 0 Å². The molecule has 0 saturated heterocycles. The molecule has 0 unspecified atom stereocenters. The highest BCUT2D eigenvalue weighted by Crippen LogP contribution is 2.16. The van der Waals surface area contributed by atoms with Crippen LogP contribution in [0.4, 0.5) is 5.82 Å². The number of aromatic nitrogens is 2. The number of aryl methyl sites for hydroxylation is 1. The molecule has 0 bridgehead atoms. The van der Waals surface area contributed by atoms with Crippen molar-refractivity contribution in [2.75, 3.05) is 11.6 Å². The summed E-state index contributed by atoms with van der Waals surface area (Å²) < 4.78 is 1.44. The highest BCUT2D eigenvalue weighted by molar-refractivity contribution is 5.37. The molecule has 0 saturated carbocycles. The van der Waals surface area contributed by atoms with Gasteiger partial charge in [-0.05, 0) is 6.92 Å². The maximum atomic E-state index is 5.63. The fourth-order valence-electron chi connectivity index (χ4n) is 0.988. The van der Waals surface area contributed by atoms with Crippen molar-refractivity contribution in [2.45, 2.75) is 26.7 Å². The SMILES string of the molecule is Cc1nc(C(C)C)n(N)c1N. The maximum absolute atomic E-state index is 5.63. The number of imidazole rings is 1. The van der Waals surface area contributed by atoms with Crippen molar-refractivity contribution in [2.24, 2.45) is 0 Å². The van der Waals surface area contributed by atoms with Crippen LogP contribution in [0.2, 0.25) is 0 Å². The van der Waals surface area contributed by atoms with E-state index < -0.39 is 0 Å². The second-order valence-corrected chi connectivity index (χ2v) is 2.97. The topological polar surface area (TPSA) is 69.9 Å². The van der Waals surface area contributed by atoms with E-state index in [4.69, 9.17) is 11.6 Å². The first-order chi connectivity index (χ1) is 5.04. The Balaban J connectivity index is 3.19. The first-order valence-electron chi connectivity index (χ1n) is 3.63. The Morgan fingerprint density at radius 2 is 2.00 bits per heavy atom. The molecule has 11 heavy (non-hydrogen) atoms. The van der Waals surface area contributed by atoms with Gasteiger partial charge in [-0.25, -0.2) is 9.66 Å². The number of nitrogens with zero attached hydrogens (tertiary/aromatic N) is 2. The molecule has 1 heterocycles. The molecule has 0 atom stereocenters. The van der Waals surface area contributed by atoms with E-state index in [-0.39, 0.29) is 0 Å². The fraction of sp³-hybridized carbons (Fsp3) is 0.571. The van der Waals surface area contributed by atoms with E-state index in [1.807, 2.05) is 20.8 Å². The molecule has 1 aromatic rings. The van der Waals surface area contributed by atoms with Gasteiger partial charge < -0.3 is 11.6 Å². The van der Waals surface area contributed by atoms with Crippen LogP contribution in [0.3, 0.4) is 0 Å². The standard InChI is InChI=1S/C7H14N4/c1-4(2)7-10-5(3)6(8)11(7)9/h4H,8-9H2,1-3H3. The van der Waals surface area contributed by atoms with E-state index in [2.05, 4.69) is 4.98 Å². The van der Waals surface area contributed by atoms with Crippen LogP contribution in [0, 0.1) is 6.92 Å². The molecule has 0 fully saturated rings. The van der Waals surface area contributed by atoms with Crippen molar-refractivity contribution in [3.05, 3.63) is 11.5 Å². The van der Waals surface area contributed by atoms with Crippen molar-refractivity contribution in [1.29, 1.82) is 0 Å². The summed E-state index contributed by atoms with van der Waals surface area (Å²) in [6, 6.07) is 0. The average Bonchev–Trinajstić information content (AvgIpc) is 2.17. The van der Waals surface area contributed by atoms with Gasteiger partial charge in [-0.15, -0.1) is 0 Å². The highest BCUT2D eigenvalue weighted by atomic mass is 15.4. The Labute approximate surface area is 66.2 Å². The minimum Gasteiger partial charge on any atom is -0.382 e. The van der Waals surface area contributed by atoms with Crippen LogP contribution in [-0.4, -0.2) is 9.66 Å². The minimum absolute atomic E-state index is 0.316. The van der Waals surface area contributed by atoms with Gasteiger partial charge >= 0.3 is 0 Å². The quantitative estimate of drug-likeness (QED) is 0.582. The van der Waals surface area contributed by atoms with E-state index in [1.165, 1.54) is 4.68 Å². The second-order valence-electron chi connectivity index (χ2n) is 2.97. The lowest BCUT2D eigenvalue weighted by atomic mass is 10.2. The van der Waals surface area contributed by atoms with Crippen LogP contribution >= 0.6 is 0 Å². The van der Waals surface area contributed by atoms with Crippen molar-refractivity contribution in [3.63, 3.8) is 0 Å². The van der Waals surface area contributed by atoms with Gasteiger partial charge in [-0.2, -0.15) is 0 Å². The van der Waals surface area contributed by atoms with Crippen molar-refractivity contribution in [1.82, 2.24) is 9.66 Å². The Bertz CT molecular complexity index is 262. The Morgan fingerprint density at radius 3 is 2.18 bits per heavy atom. The van der Waals surface area contributed by atoms with Crippen LogP contribution in [0.15, 0.2) is 0 Å². The normalized spacial score (nSPS) is 10.9. The van der Waals surface area contributed by atoms with Gasteiger partial charge in [0, 0.05) is 5.92 Å². The molecule has 0 aliphatic rings. The third-order valence-corrected chi connectivity index (χ3v) is 1.68.